The molecule has 1 aliphatic rings. The van der Waals surface area contributed by atoms with Crippen molar-refractivity contribution in [1.29, 1.82) is 0 Å². The molecule has 25 heavy (non-hydrogen) atoms. The molecule has 138 valence electrons. The van der Waals surface area contributed by atoms with E-state index in [9.17, 15) is 9.59 Å². The highest BCUT2D eigenvalue weighted by atomic mass is 16.2. The molecule has 0 aliphatic carbocycles. The second-order valence-corrected chi connectivity index (χ2v) is 7.54. The Morgan fingerprint density at radius 1 is 1.16 bits per heavy atom. The summed E-state index contributed by atoms with van der Waals surface area (Å²) in [5.41, 5.74) is 1.12. The molecule has 0 bridgehead atoms. The van der Waals surface area contributed by atoms with Crippen LogP contribution in [0.5, 0.6) is 0 Å². The molecule has 3 atom stereocenters. The Bertz CT molecular complexity index is 586. The van der Waals surface area contributed by atoms with Crippen LogP contribution in [-0.2, 0) is 9.59 Å². The quantitative estimate of drug-likeness (QED) is 0.832. The fourth-order valence-electron chi connectivity index (χ4n) is 3.67. The summed E-state index contributed by atoms with van der Waals surface area (Å²) in [4.78, 5) is 27.4. The summed E-state index contributed by atoms with van der Waals surface area (Å²) in [5, 5.41) is 6.39. The van der Waals surface area contributed by atoms with Crippen LogP contribution in [0.4, 0.5) is 0 Å². The van der Waals surface area contributed by atoms with Crippen molar-refractivity contribution < 1.29 is 9.59 Å². The van der Waals surface area contributed by atoms with Crippen molar-refractivity contribution in [2.75, 3.05) is 13.6 Å². The molecule has 5 nitrogen and oxygen atoms in total. The van der Waals surface area contributed by atoms with Gasteiger partial charge >= 0.3 is 0 Å². The summed E-state index contributed by atoms with van der Waals surface area (Å²) >= 11 is 0. The molecule has 3 unspecified atom stereocenters. The van der Waals surface area contributed by atoms with Gasteiger partial charge in [-0.25, -0.2) is 0 Å². The lowest BCUT2D eigenvalue weighted by atomic mass is 9.91. The minimum atomic E-state index is -0.452. The number of nitrogens with one attached hydrogen (secondary N) is 2. The van der Waals surface area contributed by atoms with Gasteiger partial charge in [-0.05, 0) is 38.3 Å². The molecule has 2 amide bonds. The predicted octanol–water partition coefficient (Wildman–Crippen LogP) is 2.34. The van der Waals surface area contributed by atoms with Crippen LogP contribution in [0, 0.1) is 11.8 Å². The van der Waals surface area contributed by atoms with Gasteiger partial charge in [0.2, 0.25) is 11.8 Å². The van der Waals surface area contributed by atoms with Gasteiger partial charge in [0.05, 0.1) is 5.92 Å². The van der Waals surface area contributed by atoms with E-state index < -0.39 is 6.04 Å². The summed E-state index contributed by atoms with van der Waals surface area (Å²) in [6, 6.07) is 9.68. The Balaban J connectivity index is 2.17. The number of amides is 2. The molecule has 2 rings (SSSR count). The number of hydrogen-bond acceptors (Lipinski definition) is 3. The Labute approximate surface area is 151 Å². The van der Waals surface area contributed by atoms with Crippen molar-refractivity contribution in [2.45, 2.75) is 52.2 Å². The van der Waals surface area contributed by atoms with Crippen molar-refractivity contribution in [1.82, 2.24) is 15.5 Å². The molecule has 1 aliphatic heterocycles. The molecule has 0 aromatic heterocycles. The first kappa shape index (κ1) is 19.4. The Kier molecular flexibility index (Phi) is 6.59. The van der Waals surface area contributed by atoms with Gasteiger partial charge in [0, 0.05) is 19.1 Å². The van der Waals surface area contributed by atoms with Gasteiger partial charge in [-0.1, -0.05) is 44.2 Å². The van der Waals surface area contributed by atoms with Gasteiger partial charge in [-0.15, -0.1) is 0 Å². The lowest BCUT2D eigenvalue weighted by Crippen LogP contribution is -2.53. The first-order valence-electron chi connectivity index (χ1n) is 9.18. The highest BCUT2D eigenvalue weighted by Gasteiger charge is 2.39. The van der Waals surface area contributed by atoms with Gasteiger partial charge in [-0.3, -0.25) is 9.59 Å². The third kappa shape index (κ3) is 4.60. The zero-order chi connectivity index (χ0) is 18.6. The topological polar surface area (TPSA) is 61.4 Å². The third-order valence-corrected chi connectivity index (χ3v) is 4.79. The zero-order valence-electron chi connectivity index (χ0n) is 16.0. The average molecular weight is 345 g/mol. The fourth-order valence-corrected chi connectivity index (χ4v) is 3.67. The summed E-state index contributed by atoms with van der Waals surface area (Å²) in [5.74, 6) is -0.128. The summed E-state index contributed by atoms with van der Waals surface area (Å²) in [7, 11) is 1.76. The molecule has 0 radical (unpaired) electrons. The number of carbonyl (C=O) groups excluding carboxylic acids is 2. The summed E-state index contributed by atoms with van der Waals surface area (Å²) < 4.78 is 0. The molecular formula is C20H31N3O2. The molecule has 2 N–H and O–H groups in total. The zero-order valence-corrected chi connectivity index (χ0v) is 16.0. The molecular weight excluding hydrogens is 314 g/mol. The minimum absolute atomic E-state index is 0.0112. The molecule has 1 aromatic rings. The van der Waals surface area contributed by atoms with Crippen LogP contribution in [0.2, 0.25) is 0 Å². The molecule has 1 fully saturated rings. The predicted molar refractivity (Wildman–Crippen MR) is 100.0 cm³/mol. The first-order valence-corrected chi connectivity index (χ1v) is 9.18. The van der Waals surface area contributed by atoms with Crippen LogP contribution in [0.1, 0.15) is 45.7 Å². The van der Waals surface area contributed by atoms with Crippen molar-refractivity contribution in [3.05, 3.63) is 35.9 Å². The Morgan fingerprint density at radius 2 is 1.80 bits per heavy atom. The maximum absolute atomic E-state index is 13.2. The molecule has 5 heteroatoms. The number of carbonyl (C=O) groups is 2. The van der Waals surface area contributed by atoms with Gasteiger partial charge in [0.1, 0.15) is 6.04 Å². The van der Waals surface area contributed by atoms with Crippen molar-refractivity contribution >= 4 is 11.8 Å². The average Bonchev–Trinajstić information content (AvgIpc) is 3.03. The van der Waals surface area contributed by atoms with Gasteiger partial charge < -0.3 is 15.5 Å². The first-order chi connectivity index (χ1) is 11.8. The number of benzene rings is 1. The van der Waals surface area contributed by atoms with E-state index in [1.807, 2.05) is 45.9 Å². The number of hydrogen-bond donors (Lipinski definition) is 2. The van der Waals surface area contributed by atoms with Crippen molar-refractivity contribution in [2.24, 2.45) is 11.8 Å². The lowest BCUT2D eigenvalue weighted by molar-refractivity contribution is -0.144. The molecule has 0 saturated carbocycles. The van der Waals surface area contributed by atoms with Crippen LogP contribution >= 0.6 is 0 Å². The van der Waals surface area contributed by atoms with Crippen LogP contribution in [0.3, 0.4) is 0 Å². The Morgan fingerprint density at radius 3 is 2.36 bits per heavy atom. The Hall–Kier alpha value is -1.88. The molecule has 1 aromatic carbocycles. The van der Waals surface area contributed by atoms with E-state index in [2.05, 4.69) is 22.8 Å². The highest BCUT2D eigenvalue weighted by molar-refractivity contribution is 5.89. The van der Waals surface area contributed by atoms with E-state index in [-0.39, 0.29) is 35.7 Å². The maximum Gasteiger partial charge on any atom is 0.243 e. The van der Waals surface area contributed by atoms with E-state index in [0.717, 1.165) is 18.5 Å². The van der Waals surface area contributed by atoms with E-state index in [0.29, 0.717) is 0 Å². The molecule has 0 spiro atoms. The lowest BCUT2D eigenvalue weighted by Gasteiger charge is -2.33. The van der Waals surface area contributed by atoms with E-state index in [1.165, 1.54) is 0 Å². The van der Waals surface area contributed by atoms with Gasteiger partial charge in [0.25, 0.3) is 0 Å². The largest absolute Gasteiger partial charge is 0.352 e. The van der Waals surface area contributed by atoms with E-state index in [1.54, 1.807) is 11.9 Å². The highest BCUT2D eigenvalue weighted by Crippen LogP contribution is 2.31. The van der Waals surface area contributed by atoms with Crippen LogP contribution < -0.4 is 10.6 Å². The SMILES string of the molecule is CC(C)NC(=O)C(C(C)C)N(C)C(=O)C1CCNC1c1ccccc1. The van der Waals surface area contributed by atoms with Gasteiger partial charge in [-0.2, -0.15) is 0 Å². The van der Waals surface area contributed by atoms with Crippen molar-refractivity contribution in [3.63, 3.8) is 0 Å². The third-order valence-electron chi connectivity index (χ3n) is 4.79. The van der Waals surface area contributed by atoms with Crippen LogP contribution in [0.25, 0.3) is 0 Å². The van der Waals surface area contributed by atoms with E-state index >= 15 is 0 Å². The normalized spacial score (nSPS) is 21.4. The summed E-state index contributed by atoms with van der Waals surface area (Å²) in [6.45, 7) is 8.65. The number of nitrogens with zero attached hydrogens (tertiary/aromatic N) is 1. The number of likely N-dealkylation sites (N-methyl/N-ethyl adjacent to an activating group) is 1. The smallest absolute Gasteiger partial charge is 0.243 e. The van der Waals surface area contributed by atoms with Crippen molar-refractivity contribution in [3.8, 4) is 0 Å². The van der Waals surface area contributed by atoms with E-state index in [4.69, 9.17) is 0 Å². The van der Waals surface area contributed by atoms with Crippen LogP contribution in [0.15, 0.2) is 30.3 Å². The van der Waals surface area contributed by atoms with Crippen LogP contribution in [-0.4, -0.2) is 42.4 Å². The molecule has 1 saturated heterocycles. The maximum atomic E-state index is 13.2. The monoisotopic (exact) mass is 345 g/mol. The fraction of sp³-hybridized carbons (Fsp3) is 0.600. The number of rotatable bonds is 6. The summed E-state index contributed by atoms with van der Waals surface area (Å²) in [6.07, 6.45) is 0.791. The van der Waals surface area contributed by atoms with Gasteiger partial charge in [0.15, 0.2) is 0 Å². The second-order valence-electron chi connectivity index (χ2n) is 7.54. The standard InChI is InChI=1S/C20H31N3O2/c1-13(2)18(19(24)22-14(3)4)23(5)20(25)16-11-12-21-17(16)15-9-7-6-8-10-15/h6-10,13-14,16-18,21H,11-12H2,1-5H3,(H,22,24). The second kappa shape index (κ2) is 8.48. The molecule has 1 heterocycles. The minimum Gasteiger partial charge on any atom is -0.352 e.